The maximum absolute atomic E-state index is 14.7. The summed E-state index contributed by atoms with van der Waals surface area (Å²) in [4.78, 5) is 16.0. The number of sulfonamides is 1. The van der Waals surface area contributed by atoms with Crippen LogP contribution in [0.4, 0.5) is 10.1 Å². The highest BCUT2D eigenvalue weighted by Crippen LogP contribution is 2.29. The van der Waals surface area contributed by atoms with Crippen LogP contribution in [0.1, 0.15) is 58.2 Å². The SMILES string of the molecule is CCS(=O)(=O)Nc1ccc(C(C)c2cc(C)c(C(=O)c3ccc(C)cc3)[nH]2)c(F)c1. The molecule has 3 aromatic rings. The van der Waals surface area contributed by atoms with Crippen LogP contribution in [0.3, 0.4) is 0 Å². The molecule has 2 aromatic carbocycles. The lowest BCUT2D eigenvalue weighted by Crippen LogP contribution is -2.15. The number of benzene rings is 2. The second-order valence-electron chi connectivity index (χ2n) is 7.44. The summed E-state index contributed by atoms with van der Waals surface area (Å²) in [6.07, 6.45) is 0. The lowest BCUT2D eigenvalue weighted by molar-refractivity contribution is 0.103. The van der Waals surface area contributed by atoms with Gasteiger partial charge in [-0.2, -0.15) is 0 Å². The van der Waals surface area contributed by atoms with E-state index >= 15 is 0 Å². The number of rotatable bonds is 7. The molecule has 0 saturated carbocycles. The molecule has 1 aromatic heterocycles. The third kappa shape index (κ3) is 4.62. The maximum Gasteiger partial charge on any atom is 0.232 e. The van der Waals surface area contributed by atoms with E-state index < -0.39 is 15.8 Å². The van der Waals surface area contributed by atoms with Gasteiger partial charge in [-0.15, -0.1) is 0 Å². The zero-order valence-electron chi connectivity index (χ0n) is 17.4. The number of aryl methyl sites for hydroxylation is 2. The Morgan fingerprint density at radius 2 is 1.77 bits per heavy atom. The van der Waals surface area contributed by atoms with E-state index in [1.165, 1.54) is 19.1 Å². The lowest BCUT2D eigenvalue weighted by Gasteiger charge is -2.13. The molecular weight excluding hydrogens is 403 g/mol. The summed E-state index contributed by atoms with van der Waals surface area (Å²) in [5.41, 5.74) is 4.23. The first kappa shape index (κ1) is 21.8. The number of H-pyrrole nitrogens is 1. The summed E-state index contributed by atoms with van der Waals surface area (Å²) in [6, 6.07) is 13.5. The second-order valence-corrected chi connectivity index (χ2v) is 9.45. The van der Waals surface area contributed by atoms with Crippen molar-refractivity contribution in [2.24, 2.45) is 0 Å². The van der Waals surface area contributed by atoms with E-state index in [4.69, 9.17) is 0 Å². The molecule has 0 aliphatic carbocycles. The van der Waals surface area contributed by atoms with Crippen molar-refractivity contribution in [1.29, 1.82) is 0 Å². The Balaban J connectivity index is 1.87. The number of hydrogen-bond donors (Lipinski definition) is 2. The summed E-state index contributed by atoms with van der Waals surface area (Å²) in [6.45, 7) is 7.14. The van der Waals surface area contributed by atoms with Crippen LogP contribution in [0, 0.1) is 19.7 Å². The maximum atomic E-state index is 14.7. The number of aromatic nitrogens is 1. The molecule has 7 heteroatoms. The fourth-order valence-corrected chi connectivity index (χ4v) is 3.89. The van der Waals surface area contributed by atoms with Crippen molar-refractivity contribution in [2.45, 2.75) is 33.6 Å². The first-order chi connectivity index (χ1) is 14.1. The highest BCUT2D eigenvalue weighted by Gasteiger charge is 2.20. The molecule has 5 nitrogen and oxygen atoms in total. The van der Waals surface area contributed by atoms with Crippen LogP contribution in [-0.4, -0.2) is 24.9 Å². The molecule has 3 rings (SSSR count). The molecular formula is C23H25FN2O3S. The van der Waals surface area contributed by atoms with E-state index in [2.05, 4.69) is 9.71 Å². The van der Waals surface area contributed by atoms with Crippen LogP contribution in [0.25, 0.3) is 0 Å². The Hall–Kier alpha value is -2.93. The number of ketones is 1. The molecule has 0 aliphatic rings. The van der Waals surface area contributed by atoms with Gasteiger partial charge in [0.1, 0.15) is 5.82 Å². The van der Waals surface area contributed by atoms with Crippen LogP contribution in [0.15, 0.2) is 48.5 Å². The normalized spacial score (nSPS) is 12.6. The van der Waals surface area contributed by atoms with E-state index in [0.29, 0.717) is 22.5 Å². The molecule has 2 N–H and O–H groups in total. The molecule has 0 fully saturated rings. The summed E-state index contributed by atoms with van der Waals surface area (Å²) in [7, 11) is -3.48. The Morgan fingerprint density at radius 3 is 2.37 bits per heavy atom. The summed E-state index contributed by atoms with van der Waals surface area (Å²) in [5, 5.41) is 0. The van der Waals surface area contributed by atoms with Crippen molar-refractivity contribution in [3.8, 4) is 0 Å². The predicted octanol–water partition coefficient (Wildman–Crippen LogP) is 4.92. The quantitative estimate of drug-likeness (QED) is 0.525. The van der Waals surface area contributed by atoms with Crippen LogP contribution < -0.4 is 4.72 Å². The van der Waals surface area contributed by atoms with E-state index in [1.54, 1.807) is 18.2 Å². The molecule has 30 heavy (non-hydrogen) atoms. The van der Waals surface area contributed by atoms with Crippen molar-refractivity contribution in [3.63, 3.8) is 0 Å². The van der Waals surface area contributed by atoms with Crippen molar-refractivity contribution >= 4 is 21.5 Å². The minimum Gasteiger partial charge on any atom is -0.355 e. The summed E-state index contributed by atoms with van der Waals surface area (Å²) in [5.74, 6) is -1.07. The van der Waals surface area contributed by atoms with Gasteiger partial charge < -0.3 is 4.98 Å². The van der Waals surface area contributed by atoms with E-state index in [1.807, 2.05) is 39.0 Å². The molecule has 1 atom stereocenters. The van der Waals surface area contributed by atoms with Gasteiger partial charge in [0, 0.05) is 17.2 Å². The predicted molar refractivity (Wildman–Crippen MR) is 117 cm³/mol. The molecule has 0 aliphatic heterocycles. The first-order valence-electron chi connectivity index (χ1n) is 9.72. The van der Waals surface area contributed by atoms with Crippen molar-refractivity contribution in [1.82, 2.24) is 4.98 Å². The zero-order valence-corrected chi connectivity index (χ0v) is 18.2. The van der Waals surface area contributed by atoms with Crippen LogP contribution >= 0.6 is 0 Å². The van der Waals surface area contributed by atoms with Gasteiger partial charge in [0.25, 0.3) is 0 Å². The molecule has 0 spiro atoms. The number of carbonyl (C=O) groups excluding carboxylic acids is 1. The van der Waals surface area contributed by atoms with Gasteiger partial charge in [0.15, 0.2) is 0 Å². The molecule has 1 unspecified atom stereocenters. The summed E-state index contributed by atoms with van der Waals surface area (Å²) >= 11 is 0. The average molecular weight is 429 g/mol. The number of aromatic amines is 1. The van der Waals surface area contributed by atoms with Crippen LogP contribution in [0.2, 0.25) is 0 Å². The second kappa shape index (κ2) is 8.44. The van der Waals surface area contributed by atoms with E-state index in [-0.39, 0.29) is 23.1 Å². The van der Waals surface area contributed by atoms with E-state index in [0.717, 1.165) is 11.1 Å². The molecule has 0 amide bonds. The summed E-state index contributed by atoms with van der Waals surface area (Å²) < 4.78 is 40.4. The van der Waals surface area contributed by atoms with Crippen molar-refractivity contribution in [2.75, 3.05) is 10.5 Å². The zero-order chi connectivity index (χ0) is 22.1. The Bertz CT molecular complexity index is 1180. The minimum atomic E-state index is -3.48. The molecule has 0 saturated heterocycles. The average Bonchev–Trinajstić information content (AvgIpc) is 3.09. The van der Waals surface area contributed by atoms with Gasteiger partial charge >= 0.3 is 0 Å². The third-order valence-electron chi connectivity index (χ3n) is 5.16. The standard InChI is InChI=1S/C23H25FN2O3S/c1-5-30(28,29)26-18-10-11-19(20(24)13-18)16(4)21-12-15(3)22(25-21)23(27)17-8-6-14(2)7-9-17/h6-13,16,25-26H,5H2,1-4H3. The minimum absolute atomic E-state index is 0.0910. The van der Waals surface area contributed by atoms with Crippen molar-refractivity contribution in [3.05, 3.63) is 88.0 Å². The van der Waals surface area contributed by atoms with Gasteiger partial charge in [-0.3, -0.25) is 9.52 Å². The van der Waals surface area contributed by atoms with E-state index in [9.17, 15) is 17.6 Å². The topological polar surface area (TPSA) is 79.0 Å². The molecule has 0 bridgehead atoms. The Morgan fingerprint density at radius 1 is 1.10 bits per heavy atom. The fraction of sp³-hybridized carbons (Fsp3) is 0.261. The Labute approximate surface area is 176 Å². The number of anilines is 1. The number of nitrogens with one attached hydrogen (secondary N) is 2. The monoisotopic (exact) mass is 428 g/mol. The molecule has 158 valence electrons. The Kier molecular flexibility index (Phi) is 6.12. The van der Waals surface area contributed by atoms with Gasteiger partial charge in [0.05, 0.1) is 17.1 Å². The smallest absolute Gasteiger partial charge is 0.232 e. The highest BCUT2D eigenvalue weighted by molar-refractivity contribution is 7.92. The number of carbonyl (C=O) groups is 1. The number of hydrogen-bond acceptors (Lipinski definition) is 3. The lowest BCUT2D eigenvalue weighted by atomic mass is 9.97. The van der Waals surface area contributed by atoms with Crippen LogP contribution in [0.5, 0.6) is 0 Å². The molecule has 1 heterocycles. The van der Waals surface area contributed by atoms with Gasteiger partial charge in [-0.25, -0.2) is 12.8 Å². The molecule has 0 radical (unpaired) electrons. The number of halogens is 1. The first-order valence-corrected chi connectivity index (χ1v) is 11.4. The van der Waals surface area contributed by atoms with Crippen molar-refractivity contribution < 1.29 is 17.6 Å². The van der Waals surface area contributed by atoms with Gasteiger partial charge in [-0.1, -0.05) is 42.8 Å². The van der Waals surface area contributed by atoms with Gasteiger partial charge in [-0.05, 0) is 50.1 Å². The largest absolute Gasteiger partial charge is 0.355 e. The van der Waals surface area contributed by atoms with Gasteiger partial charge in [0.2, 0.25) is 15.8 Å². The fourth-order valence-electron chi connectivity index (χ4n) is 3.26. The highest BCUT2D eigenvalue weighted by atomic mass is 32.2. The third-order valence-corrected chi connectivity index (χ3v) is 6.47. The van der Waals surface area contributed by atoms with Crippen LogP contribution in [-0.2, 0) is 10.0 Å².